The third-order valence-electron chi connectivity index (χ3n) is 4.49. The van der Waals surface area contributed by atoms with Crippen molar-refractivity contribution < 1.29 is 9.59 Å². The van der Waals surface area contributed by atoms with Crippen molar-refractivity contribution >= 4 is 40.7 Å². The lowest BCUT2D eigenvalue weighted by atomic mass is 10.1. The quantitative estimate of drug-likeness (QED) is 0.814. The third kappa shape index (κ3) is 4.37. The number of hydrogen-bond donors (Lipinski definition) is 1. The molecule has 0 spiro atoms. The molecule has 0 radical (unpaired) electrons. The lowest BCUT2D eigenvalue weighted by molar-refractivity contribution is -0.121. The van der Waals surface area contributed by atoms with E-state index >= 15 is 0 Å². The molecule has 2 aromatic carbocycles. The number of amides is 2. The van der Waals surface area contributed by atoms with Crippen LogP contribution in [0, 0.1) is 0 Å². The first kappa shape index (κ1) is 18.7. The Morgan fingerprint density at radius 3 is 2.54 bits per heavy atom. The van der Waals surface area contributed by atoms with Gasteiger partial charge in [0.15, 0.2) is 0 Å². The van der Waals surface area contributed by atoms with Crippen molar-refractivity contribution in [2.45, 2.75) is 32.2 Å². The van der Waals surface area contributed by atoms with Crippen LogP contribution in [0.1, 0.15) is 36.9 Å². The fourth-order valence-corrected chi connectivity index (χ4v) is 3.70. The van der Waals surface area contributed by atoms with Crippen LogP contribution < -0.4 is 10.2 Å². The van der Waals surface area contributed by atoms with Crippen LogP contribution in [0.2, 0.25) is 10.0 Å². The van der Waals surface area contributed by atoms with Crippen LogP contribution in [0.15, 0.2) is 42.5 Å². The van der Waals surface area contributed by atoms with Gasteiger partial charge in [-0.2, -0.15) is 0 Å². The molecule has 4 nitrogen and oxygen atoms in total. The van der Waals surface area contributed by atoms with Crippen molar-refractivity contribution in [3.63, 3.8) is 0 Å². The smallest absolute Gasteiger partial charge is 0.227 e. The molecular formula is C20H20Cl2N2O2. The van der Waals surface area contributed by atoms with Gasteiger partial charge in [0, 0.05) is 28.7 Å². The molecule has 2 amide bonds. The second-order valence-electron chi connectivity index (χ2n) is 6.45. The fourth-order valence-electron chi connectivity index (χ4n) is 3.12. The summed E-state index contributed by atoms with van der Waals surface area (Å²) in [5.74, 6) is 0.0673. The maximum absolute atomic E-state index is 12.3. The summed E-state index contributed by atoms with van der Waals surface area (Å²) in [5, 5.41) is 4.05. The summed E-state index contributed by atoms with van der Waals surface area (Å²) >= 11 is 12.1. The van der Waals surface area contributed by atoms with E-state index in [0.717, 1.165) is 29.8 Å². The monoisotopic (exact) mass is 390 g/mol. The molecule has 2 aromatic rings. The number of nitrogens with one attached hydrogen (secondary N) is 1. The Morgan fingerprint density at radius 1 is 1.19 bits per heavy atom. The predicted octanol–water partition coefficient (Wildman–Crippen LogP) is 4.54. The van der Waals surface area contributed by atoms with E-state index < -0.39 is 0 Å². The van der Waals surface area contributed by atoms with Gasteiger partial charge in [-0.25, -0.2) is 0 Å². The van der Waals surface area contributed by atoms with Gasteiger partial charge in [0.05, 0.1) is 12.5 Å². The molecule has 1 aliphatic rings. The van der Waals surface area contributed by atoms with Crippen LogP contribution in [0.25, 0.3) is 0 Å². The van der Waals surface area contributed by atoms with Gasteiger partial charge in [0.2, 0.25) is 11.8 Å². The lowest BCUT2D eigenvalue weighted by Gasteiger charge is -2.17. The van der Waals surface area contributed by atoms with Gasteiger partial charge >= 0.3 is 0 Å². The summed E-state index contributed by atoms with van der Waals surface area (Å²) in [6, 6.07) is 12.6. The summed E-state index contributed by atoms with van der Waals surface area (Å²) in [6.07, 6.45) is 1.77. The lowest BCUT2D eigenvalue weighted by Crippen LogP contribution is -2.28. The maximum Gasteiger partial charge on any atom is 0.227 e. The minimum absolute atomic E-state index is 0.0893. The molecule has 1 aliphatic heterocycles. The zero-order valence-corrected chi connectivity index (χ0v) is 16.0. The average Bonchev–Trinajstić information content (AvgIpc) is 3.01. The molecule has 26 heavy (non-hydrogen) atoms. The number of nitrogens with zero attached hydrogens (tertiary/aromatic N) is 1. The Kier molecular flexibility index (Phi) is 5.84. The van der Waals surface area contributed by atoms with Gasteiger partial charge in [-0.3, -0.25) is 9.59 Å². The van der Waals surface area contributed by atoms with Crippen LogP contribution in [-0.2, 0) is 16.0 Å². The Bertz CT molecular complexity index is 821. The highest BCUT2D eigenvalue weighted by Crippen LogP contribution is 2.26. The van der Waals surface area contributed by atoms with Crippen molar-refractivity contribution in [3.05, 3.63) is 63.6 Å². The molecule has 1 atom stereocenters. The number of benzene rings is 2. The molecule has 1 N–H and O–H groups in total. The topological polar surface area (TPSA) is 49.4 Å². The number of carbonyl (C=O) groups excluding carboxylic acids is 2. The Labute approximate surface area is 163 Å². The summed E-state index contributed by atoms with van der Waals surface area (Å²) in [5.41, 5.74) is 2.61. The molecule has 136 valence electrons. The van der Waals surface area contributed by atoms with E-state index in [1.54, 1.807) is 17.0 Å². The Morgan fingerprint density at radius 2 is 1.92 bits per heavy atom. The highest BCUT2D eigenvalue weighted by atomic mass is 35.5. The van der Waals surface area contributed by atoms with Crippen LogP contribution in [0.3, 0.4) is 0 Å². The Hall–Kier alpha value is -2.04. The van der Waals surface area contributed by atoms with Gasteiger partial charge < -0.3 is 10.2 Å². The van der Waals surface area contributed by atoms with E-state index in [-0.39, 0.29) is 24.3 Å². The van der Waals surface area contributed by atoms with Crippen molar-refractivity contribution in [2.24, 2.45) is 0 Å². The zero-order valence-electron chi connectivity index (χ0n) is 14.5. The van der Waals surface area contributed by atoms with Gasteiger partial charge in [0.1, 0.15) is 0 Å². The van der Waals surface area contributed by atoms with Gasteiger partial charge in [-0.1, -0.05) is 41.4 Å². The number of halogens is 2. The van der Waals surface area contributed by atoms with E-state index in [9.17, 15) is 9.59 Å². The van der Waals surface area contributed by atoms with Crippen LogP contribution in [0.4, 0.5) is 5.69 Å². The Balaban J connectivity index is 1.60. The average molecular weight is 391 g/mol. The largest absolute Gasteiger partial charge is 0.349 e. The minimum atomic E-state index is -0.214. The van der Waals surface area contributed by atoms with E-state index in [1.807, 2.05) is 37.3 Å². The summed E-state index contributed by atoms with van der Waals surface area (Å²) in [6.45, 7) is 2.65. The van der Waals surface area contributed by atoms with Crippen LogP contribution in [0.5, 0.6) is 0 Å². The molecular weight excluding hydrogens is 371 g/mol. The molecule has 1 heterocycles. The van der Waals surface area contributed by atoms with Crippen molar-refractivity contribution in [2.75, 3.05) is 11.4 Å². The van der Waals surface area contributed by atoms with E-state index in [4.69, 9.17) is 23.2 Å². The first-order valence-corrected chi connectivity index (χ1v) is 9.33. The number of rotatable bonds is 5. The van der Waals surface area contributed by atoms with Crippen molar-refractivity contribution in [3.8, 4) is 0 Å². The van der Waals surface area contributed by atoms with Crippen LogP contribution in [-0.4, -0.2) is 18.4 Å². The molecule has 1 unspecified atom stereocenters. The SMILES string of the molecule is CC(NC(=O)Cc1ccc(N2CCCC2=O)cc1)c1ccc(Cl)cc1Cl. The van der Waals surface area contributed by atoms with Gasteiger partial charge in [-0.05, 0) is 48.7 Å². The summed E-state index contributed by atoms with van der Waals surface area (Å²) in [4.78, 5) is 25.9. The fraction of sp³-hybridized carbons (Fsp3) is 0.300. The first-order chi connectivity index (χ1) is 12.4. The number of hydrogen-bond acceptors (Lipinski definition) is 2. The van der Waals surface area contributed by atoms with E-state index in [2.05, 4.69) is 5.32 Å². The predicted molar refractivity (Wildman–Crippen MR) is 105 cm³/mol. The van der Waals surface area contributed by atoms with Crippen molar-refractivity contribution in [1.29, 1.82) is 0 Å². The van der Waals surface area contributed by atoms with Gasteiger partial charge in [-0.15, -0.1) is 0 Å². The second kappa shape index (κ2) is 8.11. The first-order valence-electron chi connectivity index (χ1n) is 8.57. The van der Waals surface area contributed by atoms with Gasteiger partial charge in [0.25, 0.3) is 0 Å². The maximum atomic E-state index is 12.3. The molecule has 0 bridgehead atoms. The molecule has 0 aromatic heterocycles. The number of carbonyl (C=O) groups is 2. The zero-order chi connectivity index (χ0) is 18.7. The molecule has 0 saturated carbocycles. The normalized spacial score (nSPS) is 15.2. The van der Waals surface area contributed by atoms with E-state index in [0.29, 0.717) is 16.5 Å². The van der Waals surface area contributed by atoms with E-state index in [1.165, 1.54) is 0 Å². The van der Waals surface area contributed by atoms with Crippen LogP contribution >= 0.6 is 23.2 Å². The molecule has 1 fully saturated rings. The highest BCUT2D eigenvalue weighted by molar-refractivity contribution is 6.35. The summed E-state index contributed by atoms with van der Waals surface area (Å²) < 4.78 is 0. The second-order valence-corrected chi connectivity index (χ2v) is 7.29. The molecule has 3 rings (SSSR count). The van der Waals surface area contributed by atoms with Crippen molar-refractivity contribution in [1.82, 2.24) is 5.32 Å². The number of anilines is 1. The molecule has 0 aliphatic carbocycles. The summed E-state index contributed by atoms with van der Waals surface area (Å²) in [7, 11) is 0. The standard InChI is InChI=1S/C20H20Cl2N2O2/c1-13(17-9-6-15(21)12-18(17)22)23-19(25)11-14-4-7-16(8-5-14)24-10-2-3-20(24)26/h4-9,12-13H,2-3,10-11H2,1H3,(H,23,25). The minimum Gasteiger partial charge on any atom is -0.349 e. The highest BCUT2D eigenvalue weighted by Gasteiger charge is 2.21. The molecule has 6 heteroatoms. The molecule has 1 saturated heterocycles. The third-order valence-corrected chi connectivity index (χ3v) is 5.06.